The molecule has 2 aromatic rings. The lowest BCUT2D eigenvalue weighted by molar-refractivity contribution is 0.338. The molecule has 0 amide bonds. The van der Waals surface area contributed by atoms with Crippen LogP contribution in [0.4, 0.5) is 0 Å². The molecule has 25 heavy (non-hydrogen) atoms. The van der Waals surface area contributed by atoms with Crippen LogP contribution in [0.1, 0.15) is 19.4 Å². The first kappa shape index (κ1) is 15.4. The van der Waals surface area contributed by atoms with Crippen molar-refractivity contribution >= 4 is 11.0 Å². The highest BCUT2D eigenvalue weighted by molar-refractivity contribution is 5.86. The summed E-state index contributed by atoms with van der Waals surface area (Å²) >= 11 is 0. The Bertz CT molecular complexity index is 1060. The summed E-state index contributed by atoms with van der Waals surface area (Å²) in [5.74, 6) is 0.959. The van der Waals surface area contributed by atoms with Crippen molar-refractivity contribution in [2.24, 2.45) is 0 Å². The van der Waals surface area contributed by atoms with Crippen molar-refractivity contribution in [1.82, 2.24) is 9.78 Å². The van der Waals surface area contributed by atoms with E-state index in [1.54, 1.807) is 0 Å². The van der Waals surface area contributed by atoms with Gasteiger partial charge in [-0.05, 0) is 43.2 Å². The molecule has 4 rings (SSSR count). The van der Waals surface area contributed by atoms with Crippen LogP contribution in [0.2, 0.25) is 0 Å². The van der Waals surface area contributed by atoms with Gasteiger partial charge >= 0.3 is 0 Å². The minimum atomic E-state index is -0.188. The van der Waals surface area contributed by atoms with Gasteiger partial charge in [0.2, 0.25) is 5.89 Å². The maximum Gasteiger partial charge on any atom is 0.284 e. The van der Waals surface area contributed by atoms with E-state index in [1.807, 2.05) is 55.5 Å². The summed E-state index contributed by atoms with van der Waals surface area (Å²) in [6.07, 6.45) is 0.951. The number of nitrogens with zero attached hydrogens (tertiary/aromatic N) is 2. The SMILES string of the molecule is CCOc1cccc2cc3c(=O)n(-c4ccc(CC)cc4)nc-3oc12. The van der Waals surface area contributed by atoms with Crippen LogP contribution in [0.25, 0.3) is 28.1 Å². The van der Waals surface area contributed by atoms with E-state index < -0.39 is 0 Å². The van der Waals surface area contributed by atoms with Gasteiger partial charge in [-0.2, -0.15) is 4.68 Å². The van der Waals surface area contributed by atoms with Crippen LogP contribution in [0.15, 0.2) is 57.7 Å². The molecule has 0 N–H and O–H groups in total. The lowest BCUT2D eigenvalue weighted by Crippen LogP contribution is -2.14. The van der Waals surface area contributed by atoms with Crippen LogP contribution in [-0.4, -0.2) is 16.4 Å². The molecule has 0 bridgehead atoms. The minimum absolute atomic E-state index is 0.188. The van der Waals surface area contributed by atoms with Crippen LogP contribution >= 0.6 is 0 Å². The highest BCUT2D eigenvalue weighted by Crippen LogP contribution is 2.31. The summed E-state index contributed by atoms with van der Waals surface area (Å²) in [7, 11) is 0. The van der Waals surface area contributed by atoms with Gasteiger partial charge < -0.3 is 9.15 Å². The summed E-state index contributed by atoms with van der Waals surface area (Å²) in [6.45, 7) is 4.55. The number of benzene rings is 2. The molecule has 5 heteroatoms. The Balaban J connectivity index is 1.92. The molecule has 0 saturated carbocycles. The first-order valence-electron chi connectivity index (χ1n) is 8.39. The summed E-state index contributed by atoms with van der Waals surface area (Å²) in [5, 5.41) is 5.19. The average Bonchev–Trinajstić information content (AvgIpc) is 2.97. The lowest BCUT2D eigenvalue weighted by atomic mass is 10.1. The zero-order valence-corrected chi connectivity index (χ0v) is 14.2. The first-order chi connectivity index (χ1) is 12.2. The van der Waals surface area contributed by atoms with Crippen molar-refractivity contribution in [3.8, 4) is 22.9 Å². The third kappa shape index (κ3) is 2.58. The van der Waals surface area contributed by atoms with Gasteiger partial charge in [0.05, 0.1) is 12.3 Å². The number of hydrogen-bond acceptors (Lipinski definition) is 4. The Labute approximate surface area is 144 Å². The Morgan fingerprint density at radius 1 is 1.12 bits per heavy atom. The van der Waals surface area contributed by atoms with Crippen molar-refractivity contribution in [2.45, 2.75) is 20.3 Å². The molecule has 0 aromatic heterocycles. The number of hydrogen-bond donors (Lipinski definition) is 0. The highest BCUT2D eigenvalue weighted by Gasteiger charge is 2.20. The monoisotopic (exact) mass is 334 g/mol. The fourth-order valence-electron chi connectivity index (χ4n) is 2.92. The molecule has 0 atom stereocenters. The molecule has 0 aliphatic carbocycles. The maximum atomic E-state index is 12.7. The summed E-state index contributed by atoms with van der Waals surface area (Å²) in [4.78, 5) is 12.7. The topological polar surface area (TPSA) is 57.3 Å². The highest BCUT2D eigenvalue weighted by atomic mass is 16.5. The Morgan fingerprint density at radius 3 is 2.64 bits per heavy atom. The van der Waals surface area contributed by atoms with E-state index in [1.165, 1.54) is 10.2 Å². The molecule has 2 aliphatic heterocycles. The van der Waals surface area contributed by atoms with E-state index in [2.05, 4.69) is 12.0 Å². The number of fused-ring (bicyclic) bond motifs is 2. The van der Waals surface area contributed by atoms with Crippen LogP contribution in [0.3, 0.4) is 0 Å². The van der Waals surface area contributed by atoms with Gasteiger partial charge in [0.25, 0.3) is 5.56 Å². The van der Waals surface area contributed by atoms with E-state index in [9.17, 15) is 4.79 Å². The lowest BCUT2D eigenvalue weighted by Gasteiger charge is -2.06. The molecule has 0 fully saturated rings. The van der Waals surface area contributed by atoms with E-state index in [0.29, 0.717) is 29.4 Å². The second-order valence-corrected chi connectivity index (χ2v) is 5.81. The Kier molecular flexibility index (Phi) is 3.76. The zero-order chi connectivity index (χ0) is 17.4. The van der Waals surface area contributed by atoms with Crippen molar-refractivity contribution in [1.29, 1.82) is 0 Å². The molecule has 0 spiro atoms. The van der Waals surface area contributed by atoms with Gasteiger partial charge in [-0.1, -0.05) is 31.2 Å². The van der Waals surface area contributed by atoms with Crippen molar-refractivity contribution in [3.63, 3.8) is 0 Å². The number of ether oxygens (including phenoxy) is 1. The molecule has 2 aromatic carbocycles. The van der Waals surface area contributed by atoms with E-state index in [-0.39, 0.29) is 5.56 Å². The van der Waals surface area contributed by atoms with Crippen molar-refractivity contribution in [2.75, 3.05) is 6.61 Å². The fraction of sp³-hybridized carbons (Fsp3) is 0.200. The van der Waals surface area contributed by atoms with Crippen LogP contribution in [-0.2, 0) is 6.42 Å². The number of aromatic nitrogens is 2. The molecule has 5 nitrogen and oxygen atoms in total. The van der Waals surface area contributed by atoms with Crippen molar-refractivity contribution < 1.29 is 9.15 Å². The predicted octanol–water partition coefficient (Wildman–Crippen LogP) is 4.04. The smallest absolute Gasteiger partial charge is 0.284 e. The third-order valence-corrected chi connectivity index (χ3v) is 4.24. The first-order valence-corrected chi connectivity index (χ1v) is 8.39. The molecular weight excluding hydrogens is 316 g/mol. The minimum Gasteiger partial charge on any atom is -0.490 e. The quantitative estimate of drug-likeness (QED) is 0.565. The average molecular weight is 334 g/mol. The van der Waals surface area contributed by atoms with E-state index >= 15 is 0 Å². The second kappa shape index (κ2) is 6.09. The number of para-hydroxylation sites is 1. The maximum absolute atomic E-state index is 12.7. The van der Waals surface area contributed by atoms with Gasteiger partial charge in [0.1, 0.15) is 5.56 Å². The molecule has 0 unspecified atom stereocenters. The molecule has 0 saturated heterocycles. The second-order valence-electron chi connectivity index (χ2n) is 5.81. The number of rotatable bonds is 4. The van der Waals surface area contributed by atoms with Gasteiger partial charge in [-0.3, -0.25) is 4.79 Å². The van der Waals surface area contributed by atoms with Gasteiger partial charge in [0.15, 0.2) is 11.3 Å². The number of aryl methyl sites for hydroxylation is 1. The van der Waals surface area contributed by atoms with Gasteiger partial charge in [-0.15, -0.1) is 5.10 Å². The molecule has 126 valence electrons. The molecule has 2 aliphatic rings. The zero-order valence-electron chi connectivity index (χ0n) is 14.2. The van der Waals surface area contributed by atoms with E-state index in [4.69, 9.17) is 9.15 Å². The Morgan fingerprint density at radius 2 is 1.92 bits per heavy atom. The largest absolute Gasteiger partial charge is 0.490 e. The molecule has 2 heterocycles. The predicted molar refractivity (Wildman–Crippen MR) is 96.8 cm³/mol. The molecular formula is C20H18N2O3. The van der Waals surface area contributed by atoms with E-state index in [0.717, 1.165) is 17.5 Å². The Hall–Kier alpha value is -3.08. The van der Waals surface area contributed by atoms with Crippen LogP contribution in [0, 0.1) is 0 Å². The fourth-order valence-corrected chi connectivity index (χ4v) is 2.92. The van der Waals surface area contributed by atoms with Crippen LogP contribution in [0.5, 0.6) is 5.75 Å². The summed E-state index contributed by atoms with van der Waals surface area (Å²) in [6, 6.07) is 15.2. The normalized spacial score (nSPS) is 11.3. The van der Waals surface area contributed by atoms with Crippen molar-refractivity contribution in [3.05, 3.63) is 64.4 Å². The standard InChI is InChI=1S/C20H18N2O3/c1-3-13-8-10-15(11-9-13)22-20(23)16-12-14-6-5-7-17(24-4-2)18(14)25-19(16)21-22/h5-12H,3-4H2,1-2H3. The molecule has 0 radical (unpaired) electrons. The summed E-state index contributed by atoms with van der Waals surface area (Å²) in [5.41, 5.74) is 2.81. The third-order valence-electron chi connectivity index (χ3n) is 4.24. The van der Waals surface area contributed by atoms with Crippen LogP contribution < -0.4 is 10.3 Å². The summed E-state index contributed by atoms with van der Waals surface area (Å²) < 4.78 is 12.9. The van der Waals surface area contributed by atoms with Gasteiger partial charge in [-0.25, -0.2) is 0 Å². The van der Waals surface area contributed by atoms with Gasteiger partial charge in [0, 0.05) is 5.39 Å².